The van der Waals surface area contributed by atoms with Gasteiger partial charge in [-0.1, -0.05) is 97.1 Å². The van der Waals surface area contributed by atoms with Gasteiger partial charge in [0, 0.05) is 13.1 Å². The SMILES string of the molecule is Cc1cc(CN(Cc2ccccc2)C(=O)Cc2ccccc2-c2ccccc2)cc(C)c1O. The van der Waals surface area contributed by atoms with Gasteiger partial charge in [-0.05, 0) is 52.8 Å². The number of aromatic hydroxyl groups is 1. The minimum atomic E-state index is 0.0746. The van der Waals surface area contributed by atoms with Crippen LogP contribution >= 0.6 is 0 Å². The zero-order valence-corrected chi connectivity index (χ0v) is 19.2. The number of benzene rings is 4. The maximum absolute atomic E-state index is 13.6. The van der Waals surface area contributed by atoms with Gasteiger partial charge >= 0.3 is 0 Å². The quantitative estimate of drug-likeness (QED) is 0.362. The normalized spacial score (nSPS) is 10.7. The van der Waals surface area contributed by atoms with Gasteiger partial charge in [0.05, 0.1) is 6.42 Å². The molecule has 166 valence electrons. The van der Waals surface area contributed by atoms with Crippen molar-refractivity contribution < 1.29 is 9.90 Å². The summed E-state index contributed by atoms with van der Waals surface area (Å²) in [4.78, 5) is 15.5. The van der Waals surface area contributed by atoms with E-state index in [9.17, 15) is 9.90 Å². The lowest BCUT2D eigenvalue weighted by Gasteiger charge is -2.24. The molecule has 0 spiro atoms. The molecule has 33 heavy (non-hydrogen) atoms. The van der Waals surface area contributed by atoms with Crippen molar-refractivity contribution in [3.8, 4) is 16.9 Å². The molecule has 0 aliphatic heterocycles. The van der Waals surface area contributed by atoms with E-state index < -0.39 is 0 Å². The first-order chi connectivity index (χ1) is 16.0. The molecule has 0 aliphatic rings. The topological polar surface area (TPSA) is 40.5 Å². The lowest BCUT2D eigenvalue weighted by Crippen LogP contribution is -2.31. The Labute approximate surface area is 196 Å². The predicted octanol–water partition coefficient (Wildman–Crippen LogP) is 6.45. The van der Waals surface area contributed by atoms with Gasteiger partial charge in [-0.3, -0.25) is 4.79 Å². The Balaban J connectivity index is 1.63. The Morgan fingerprint density at radius 2 is 1.27 bits per heavy atom. The smallest absolute Gasteiger partial charge is 0.227 e. The molecule has 4 rings (SSSR count). The molecule has 0 aromatic heterocycles. The van der Waals surface area contributed by atoms with E-state index in [0.29, 0.717) is 25.3 Å². The van der Waals surface area contributed by atoms with Crippen molar-refractivity contribution in [3.63, 3.8) is 0 Å². The van der Waals surface area contributed by atoms with Crippen LogP contribution in [0.2, 0.25) is 0 Å². The molecule has 0 heterocycles. The largest absolute Gasteiger partial charge is 0.507 e. The molecular formula is C30H29NO2. The van der Waals surface area contributed by atoms with E-state index in [0.717, 1.165) is 38.9 Å². The minimum Gasteiger partial charge on any atom is -0.507 e. The Bertz CT molecular complexity index is 1210. The van der Waals surface area contributed by atoms with Gasteiger partial charge in [-0.25, -0.2) is 0 Å². The molecule has 0 fully saturated rings. The van der Waals surface area contributed by atoms with Gasteiger partial charge in [-0.2, -0.15) is 0 Å². The molecule has 0 bridgehead atoms. The average molecular weight is 436 g/mol. The summed E-state index contributed by atoms with van der Waals surface area (Å²) in [7, 11) is 0. The van der Waals surface area contributed by atoms with Crippen LogP contribution in [0.25, 0.3) is 11.1 Å². The lowest BCUT2D eigenvalue weighted by molar-refractivity contribution is -0.131. The monoisotopic (exact) mass is 435 g/mol. The average Bonchev–Trinajstić information content (AvgIpc) is 2.83. The van der Waals surface area contributed by atoms with Gasteiger partial charge < -0.3 is 10.0 Å². The maximum Gasteiger partial charge on any atom is 0.227 e. The fraction of sp³-hybridized carbons (Fsp3) is 0.167. The van der Waals surface area contributed by atoms with Gasteiger partial charge in [-0.15, -0.1) is 0 Å². The summed E-state index contributed by atoms with van der Waals surface area (Å²) in [6.45, 7) is 4.81. The second kappa shape index (κ2) is 10.2. The second-order valence-corrected chi connectivity index (χ2v) is 8.51. The first-order valence-electron chi connectivity index (χ1n) is 11.3. The third-order valence-corrected chi connectivity index (χ3v) is 5.94. The zero-order valence-electron chi connectivity index (χ0n) is 19.2. The molecule has 0 radical (unpaired) electrons. The van der Waals surface area contributed by atoms with Crippen LogP contribution in [0.15, 0.2) is 97.1 Å². The summed E-state index contributed by atoms with van der Waals surface area (Å²) in [6, 6.07) is 32.3. The highest BCUT2D eigenvalue weighted by atomic mass is 16.3. The number of phenols is 1. The van der Waals surface area contributed by atoms with Crippen molar-refractivity contribution >= 4 is 5.91 Å². The standard InChI is InChI=1S/C30H29NO2/c1-22-17-25(18-23(2)30(22)33)21-31(20-24-11-5-3-6-12-24)29(32)19-27-15-9-10-16-28(27)26-13-7-4-8-14-26/h3-18,33H,19-21H2,1-2H3. The second-order valence-electron chi connectivity index (χ2n) is 8.51. The highest BCUT2D eigenvalue weighted by molar-refractivity contribution is 5.82. The molecule has 3 nitrogen and oxygen atoms in total. The summed E-state index contributed by atoms with van der Waals surface area (Å²) in [6.07, 6.45) is 0.327. The molecule has 1 amide bonds. The van der Waals surface area contributed by atoms with Crippen molar-refractivity contribution in [2.24, 2.45) is 0 Å². The van der Waals surface area contributed by atoms with Crippen LogP contribution in [0.1, 0.15) is 27.8 Å². The van der Waals surface area contributed by atoms with E-state index in [2.05, 4.69) is 18.2 Å². The zero-order chi connectivity index (χ0) is 23.2. The number of aryl methyl sites for hydroxylation is 2. The summed E-state index contributed by atoms with van der Waals surface area (Å²) < 4.78 is 0. The first kappa shape index (κ1) is 22.3. The third-order valence-electron chi connectivity index (χ3n) is 5.94. The highest BCUT2D eigenvalue weighted by Gasteiger charge is 2.18. The predicted molar refractivity (Wildman–Crippen MR) is 134 cm³/mol. The van der Waals surface area contributed by atoms with Gasteiger partial charge in [0.1, 0.15) is 5.75 Å². The van der Waals surface area contributed by atoms with Gasteiger partial charge in [0.25, 0.3) is 0 Å². The molecule has 4 aromatic carbocycles. The van der Waals surface area contributed by atoms with Crippen molar-refractivity contribution in [1.29, 1.82) is 0 Å². The van der Waals surface area contributed by atoms with Crippen LogP contribution in [0.3, 0.4) is 0 Å². The van der Waals surface area contributed by atoms with Crippen LogP contribution < -0.4 is 0 Å². The number of carbonyl (C=O) groups is 1. The Morgan fingerprint density at radius 3 is 1.94 bits per heavy atom. The van der Waals surface area contributed by atoms with Crippen molar-refractivity contribution in [3.05, 3.63) is 125 Å². The van der Waals surface area contributed by atoms with Gasteiger partial charge in [0.2, 0.25) is 5.91 Å². The Hall–Kier alpha value is -3.85. The van der Waals surface area contributed by atoms with E-state index in [1.54, 1.807) is 0 Å². The molecule has 0 saturated heterocycles. The van der Waals surface area contributed by atoms with Crippen LogP contribution in [0, 0.1) is 13.8 Å². The Kier molecular flexibility index (Phi) is 6.89. The number of hydrogen-bond donors (Lipinski definition) is 1. The van der Waals surface area contributed by atoms with Crippen LogP contribution in [-0.4, -0.2) is 15.9 Å². The van der Waals surface area contributed by atoms with E-state index in [1.165, 1.54) is 0 Å². The van der Waals surface area contributed by atoms with E-state index in [-0.39, 0.29) is 5.91 Å². The van der Waals surface area contributed by atoms with Crippen LogP contribution in [0.5, 0.6) is 5.75 Å². The number of nitrogens with zero attached hydrogens (tertiary/aromatic N) is 1. The number of amides is 1. The maximum atomic E-state index is 13.6. The molecule has 0 atom stereocenters. The highest BCUT2D eigenvalue weighted by Crippen LogP contribution is 2.26. The summed E-state index contributed by atoms with van der Waals surface area (Å²) in [5.74, 6) is 0.391. The van der Waals surface area contributed by atoms with Crippen molar-refractivity contribution in [1.82, 2.24) is 4.90 Å². The molecular weight excluding hydrogens is 406 g/mol. The van der Waals surface area contributed by atoms with E-state index >= 15 is 0 Å². The number of hydrogen-bond acceptors (Lipinski definition) is 2. The molecule has 4 aromatic rings. The molecule has 3 heteroatoms. The third kappa shape index (κ3) is 5.50. The molecule has 0 saturated carbocycles. The number of rotatable bonds is 7. The molecule has 0 aliphatic carbocycles. The molecule has 0 unspecified atom stereocenters. The number of phenolic OH excluding ortho intramolecular Hbond substituents is 1. The van der Waals surface area contributed by atoms with Crippen molar-refractivity contribution in [2.75, 3.05) is 0 Å². The summed E-state index contributed by atoms with van der Waals surface area (Å²) in [5.41, 5.74) is 6.98. The van der Waals surface area contributed by atoms with Crippen LogP contribution in [-0.2, 0) is 24.3 Å². The molecule has 1 N–H and O–H groups in total. The van der Waals surface area contributed by atoms with Gasteiger partial charge in [0.15, 0.2) is 0 Å². The lowest BCUT2D eigenvalue weighted by atomic mass is 9.97. The van der Waals surface area contributed by atoms with Crippen LogP contribution in [0.4, 0.5) is 0 Å². The van der Waals surface area contributed by atoms with E-state index in [1.807, 2.05) is 97.6 Å². The minimum absolute atomic E-state index is 0.0746. The first-order valence-corrected chi connectivity index (χ1v) is 11.3. The van der Waals surface area contributed by atoms with Crippen molar-refractivity contribution in [2.45, 2.75) is 33.4 Å². The summed E-state index contributed by atoms with van der Waals surface area (Å²) in [5, 5.41) is 10.2. The summed E-state index contributed by atoms with van der Waals surface area (Å²) >= 11 is 0. The number of carbonyl (C=O) groups excluding carboxylic acids is 1. The fourth-order valence-electron chi connectivity index (χ4n) is 4.24. The fourth-order valence-corrected chi connectivity index (χ4v) is 4.24. The van der Waals surface area contributed by atoms with E-state index in [4.69, 9.17) is 0 Å². The Morgan fingerprint density at radius 1 is 0.727 bits per heavy atom.